The molecule has 94 valence electrons. The fourth-order valence-electron chi connectivity index (χ4n) is 1.26. The number of rotatable bonds is 7. The molecule has 1 aromatic rings. The Balaban J connectivity index is 2.17. The first kappa shape index (κ1) is 14.1. The highest BCUT2D eigenvalue weighted by Gasteiger charge is 2.04. The second-order valence-electron chi connectivity index (χ2n) is 3.35. The minimum Gasteiger partial charge on any atom is -0.276 e. The van der Waals surface area contributed by atoms with Gasteiger partial charge in [0.2, 0.25) is 0 Å². The number of aliphatic imine (C=N–C) groups is 1. The lowest BCUT2D eigenvalue weighted by atomic mass is 10.2. The van der Waals surface area contributed by atoms with Gasteiger partial charge in [-0.2, -0.15) is 0 Å². The maximum absolute atomic E-state index is 10.3. The minimum atomic E-state index is -0.342. The predicted molar refractivity (Wildman–Crippen MR) is 72.7 cm³/mol. The van der Waals surface area contributed by atoms with Gasteiger partial charge in [-0.1, -0.05) is 0 Å². The molecular formula is C10H15N3O2S2. The first-order valence-electron chi connectivity index (χ1n) is 5.30. The SMILES string of the molecule is CSC(C[N+](=O)[O-])=NCCCCc1nccs1. The van der Waals surface area contributed by atoms with Crippen molar-refractivity contribution in [3.63, 3.8) is 0 Å². The molecule has 0 unspecified atom stereocenters. The molecule has 0 amide bonds. The van der Waals surface area contributed by atoms with E-state index in [-0.39, 0.29) is 11.5 Å². The zero-order valence-electron chi connectivity index (χ0n) is 9.66. The molecule has 1 rings (SSSR count). The monoisotopic (exact) mass is 273 g/mol. The van der Waals surface area contributed by atoms with Crippen LogP contribution in [0.15, 0.2) is 16.6 Å². The zero-order valence-corrected chi connectivity index (χ0v) is 11.3. The van der Waals surface area contributed by atoms with Gasteiger partial charge in [0.1, 0.15) is 5.04 Å². The molecule has 0 atom stereocenters. The third-order valence-electron chi connectivity index (χ3n) is 2.07. The number of aryl methyl sites for hydroxylation is 1. The normalized spacial score (nSPS) is 11.7. The van der Waals surface area contributed by atoms with Crippen LogP contribution in [-0.4, -0.2) is 34.3 Å². The van der Waals surface area contributed by atoms with Crippen molar-refractivity contribution in [1.82, 2.24) is 4.98 Å². The van der Waals surface area contributed by atoms with Gasteiger partial charge in [0.15, 0.2) is 0 Å². The summed E-state index contributed by atoms with van der Waals surface area (Å²) in [6.45, 7) is 0.503. The van der Waals surface area contributed by atoms with Crippen LogP contribution in [0.3, 0.4) is 0 Å². The van der Waals surface area contributed by atoms with E-state index >= 15 is 0 Å². The van der Waals surface area contributed by atoms with Gasteiger partial charge < -0.3 is 0 Å². The highest BCUT2D eigenvalue weighted by molar-refractivity contribution is 8.13. The van der Waals surface area contributed by atoms with E-state index in [4.69, 9.17) is 0 Å². The summed E-state index contributed by atoms with van der Waals surface area (Å²) in [6, 6.07) is 0. The molecule has 0 spiro atoms. The van der Waals surface area contributed by atoms with Crippen molar-refractivity contribution < 1.29 is 4.92 Å². The van der Waals surface area contributed by atoms with Crippen LogP contribution in [0.4, 0.5) is 0 Å². The Morgan fingerprint density at radius 1 is 1.65 bits per heavy atom. The smallest absolute Gasteiger partial charge is 0.250 e. The largest absolute Gasteiger partial charge is 0.276 e. The van der Waals surface area contributed by atoms with Crippen LogP contribution in [0, 0.1) is 10.1 Å². The molecule has 5 nitrogen and oxygen atoms in total. The molecule has 0 radical (unpaired) electrons. The molecule has 17 heavy (non-hydrogen) atoms. The van der Waals surface area contributed by atoms with Gasteiger partial charge in [-0.25, -0.2) is 4.98 Å². The molecule has 0 fully saturated rings. The van der Waals surface area contributed by atoms with E-state index in [9.17, 15) is 10.1 Å². The van der Waals surface area contributed by atoms with E-state index in [0.29, 0.717) is 11.6 Å². The Bertz CT molecular complexity index is 366. The van der Waals surface area contributed by atoms with Crippen LogP contribution in [-0.2, 0) is 6.42 Å². The maximum atomic E-state index is 10.3. The first-order chi connectivity index (χ1) is 8.22. The molecule has 0 bridgehead atoms. The lowest BCUT2D eigenvalue weighted by Crippen LogP contribution is -2.10. The summed E-state index contributed by atoms with van der Waals surface area (Å²) in [7, 11) is 0. The number of unbranched alkanes of at least 4 members (excludes halogenated alkanes) is 1. The van der Waals surface area contributed by atoms with E-state index in [0.717, 1.165) is 24.3 Å². The van der Waals surface area contributed by atoms with E-state index in [1.165, 1.54) is 11.8 Å². The quantitative estimate of drug-likeness (QED) is 0.252. The Kier molecular flexibility index (Phi) is 6.80. The molecule has 0 N–H and O–H groups in total. The number of hydrogen-bond donors (Lipinski definition) is 0. The number of nitrogens with zero attached hydrogens (tertiary/aromatic N) is 3. The Morgan fingerprint density at radius 3 is 3.06 bits per heavy atom. The van der Waals surface area contributed by atoms with Crippen molar-refractivity contribution in [1.29, 1.82) is 0 Å². The number of hydrogen-bond acceptors (Lipinski definition) is 6. The molecule has 0 aliphatic heterocycles. The summed E-state index contributed by atoms with van der Waals surface area (Å²) in [4.78, 5) is 18.4. The second-order valence-corrected chi connectivity index (χ2v) is 5.21. The molecule has 0 saturated heterocycles. The number of thiazole rings is 1. The average molecular weight is 273 g/mol. The lowest BCUT2D eigenvalue weighted by Gasteiger charge is -1.98. The number of nitro groups is 1. The summed E-state index contributed by atoms with van der Waals surface area (Å²) in [5.41, 5.74) is 0. The highest BCUT2D eigenvalue weighted by atomic mass is 32.2. The van der Waals surface area contributed by atoms with Gasteiger partial charge in [-0.05, 0) is 25.5 Å². The van der Waals surface area contributed by atoms with Gasteiger partial charge in [-0.15, -0.1) is 23.1 Å². The number of thioether (sulfide) groups is 1. The fraction of sp³-hybridized carbons (Fsp3) is 0.600. The molecule has 1 heterocycles. The van der Waals surface area contributed by atoms with Gasteiger partial charge in [-0.3, -0.25) is 15.1 Å². The summed E-state index contributed by atoms with van der Waals surface area (Å²) >= 11 is 3.01. The fourth-order valence-corrected chi connectivity index (χ4v) is 2.38. The average Bonchev–Trinajstić information content (AvgIpc) is 2.79. The van der Waals surface area contributed by atoms with Crippen LogP contribution in [0.5, 0.6) is 0 Å². The van der Waals surface area contributed by atoms with E-state index < -0.39 is 0 Å². The molecule has 0 aliphatic rings. The van der Waals surface area contributed by atoms with E-state index in [2.05, 4.69) is 9.98 Å². The molecule has 0 aliphatic carbocycles. The van der Waals surface area contributed by atoms with Crippen LogP contribution < -0.4 is 0 Å². The summed E-state index contributed by atoms with van der Waals surface area (Å²) in [6.07, 6.45) is 6.56. The van der Waals surface area contributed by atoms with Crippen molar-refractivity contribution in [2.75, 3.05) is 19.3 Å². The minimum absolute atomic E-state index is 0.159. The van der Waals surface area contributed by atoms with Crippen molar-refractivity contribution in [3.05, 3.63) is 26.7 Å². The Hall–Kier alpha value is -0.950. The van der Waals surface area contributed by atoms with Gasteiger partial charge in [0, 0.05) is 23.0 Å². The molecule has 1 aromatic heterocycles. The Labute approximate surface area is 109 Å². The Morgan fingerprint density at radius 2 is 2.47 bits per heavy atom. The van der Waals surface area contributed by atoms with Crippen molar-refractivity contribution in [2.24, 2.45) is 4.99 Å². The standard InChI is InChI=1S/C10H15N3O2S2/c1-16-10(8-13(14)15)11-5-3-2-4-9-12-6-7-17-9/h6-7H,2-5,8H2,1H3. The van der Waals surface area contributed by atoms with Crippen LogP contribution in [0.25, 0.3) is 0 Å². The van der Waals surface area contributed by atoms with Crippen LogP contribution in [0.2, 0.25) is 0 Å². The first-order valence-corrected chi connectivity index (χ1v) is 7.40. The van der Waals surface area contributed by atoms with Crippen LogP contribution >= 0.6 is 23.1 Å². The van der Waals surface area contributed by atoms with Crippen LogP contribution in [0.1, 0.15) is 17.8 Å². The summed E-state index contributed by atoms with van der Waals surface area (Å²) < 4.78 is 0. The topological polar surface area (TPSA) is 68.4 Å². The predicted octanol–water partition coefficient (Wildman–Crippen LogP) is 2.50. The van der Waals surface area contributed by atoms with Gasteiger partial charge in [0.05, 0.1) is 5.01 Å². The van der Waals surface area contributed by atoms with E-state index in [1.54, 1.807) is 17.5 Å². The number of aromatic nitrogens is 1. The zero-order chi connectivity index (χ0) is 12.5. The van der Waals surface area contributed by atoms with Crippen molar-refractivity contribution in [3.8, 4) is 0 Å². The lowest BCUT2D eigenvalue weighted by molar-refractivity contribution is -0.462. The molecule has 0 aromatic carbocycles. The third kappa shape index (κ3) is 6.38. The van der Waals surface area contributed by atoms with Crippen molar-refractivity contribution >= 4 is 28.1 Å². The van der Waals surface area contributed by atoms with Gasteiger partial charge in [0.25, 0.3) is 6.54 Å². The second kappa shape index (κ2) is 8.19. The summed E-state index contributed by atoms with van der Waals surface area (Å²) in [5, 5.41) is 14.0. The molecule has 7 heteroatoms. The third-order valence-corrected chi connectivity index (χ3v) is 3.64. The molecule has 0 saturated carbocycles. The van der Waals surface area contributed by atoms with Crippen molar-refractivity contribution in [2.45, 2.75) is 19.3 Å². The van der Waals surface area contributed by atoms with E-state index in [1.807, 2.05) is 11.6 Å². The highest BCUT2D eigenvalue weighted by Crippen LogP contribution is 2.08. The summed E-state index contributed by atoms with van der Waals surface area (Å²) in [5.74, 6) is 0. The molecular weight excluding hydrogens is 258 g/mol. The van der Waals surface area contributed by atoms with Gasteiger partial charge >= 0.3 is 0 Å². The maximum Gasteiger partial charge on any atom is 0.250 e.